The smallest absolute Gasteiger partial charge is 0.124 e. The number of aliphatic hydroxyl groups is 1. The van der Waals surface area contributed by atoms with E-state index < -0.39 is 5.60 Å². The van der Waals surface area contributed by atoms with Gasteiger partial charge in [-0.05, 0) is 31.3 Å². The van der Waals surface area contributed by atoms with Crippen molar-refractivity contribution in [2.45, 2.75) is 51.0 Å². The lowest BCUT2D eigenvalue weighted by Crippen LogP contribution is -2.37. The van der Waals surface area contributed by atoms with Crippen molar-refractivity contribution in [2.75, 3.05) is 6.61 Å². The fourth-order valence-electron chi connectivity index (χ4n) is 2.68. The monoisotopic (exact) mass is 196 g/mol. The second kappa shape index (κ2) is 3.93. The van der Waals surface area contributed by atoms with Crippen LogP contribution in [-0.4, -0.2) is 17.3 Å². The van der Waals surface area contributed by atoms with Crippen molar-refractivity contribution in [3.8, 4) is 0 Å². The van der Waals surface area contributed by atoms with E-state index in [-0.39, 0.29) is 0 Å². The summed E-state index contributed by atoms with van der Waals surface area (Å²) in [4.78, 5) is 0. The Kier molecular flexibility index (Phi) is 2.82. The van der Waals surface area contributed by atoms with Crippen LogP contribution >= 0.6 is 0 Å². The summed E-state index contributed by atoms with van der Waals surface area (Å²) in [6, 6.07) is 0. The molecule has 2 unspecified atom stereocenters. The third kappa shape index (κ3) is 1.81. The highest BCUT2D eigenvalue weighted by Gasteiger charge is 2.39. The molecule has 2 aliphatic rings. The molecule has 0 saturated heterocycles. The number of ether oxygens (including phenoxy) is 1. The first-order valence-electron chi connectivity index (χ1n) is 5.80. The highest BCUT2D eigenvalue weighted by atomic mass is 16.5. The van der Waals surface area contributed by atoms with Crippen LogP contribution in [0.4, 0.5) is 0 Å². The molecule has 2 atom stereocenters. The third-order valence-electron chi connectivity index (χ3n) is 3.57. The van der Waals surface area contributed by atoms with Crippen molar-refractivity contribution >= 4 is 0 Å². The number of hydrogen-bond donors (Lipinski definition) is 1. The average molecular weight is 196 g/mol. The van der Waals surface area contributed by atoms with E-state index in [0.29, 0.717) is 5.92 Å². The fraction of sp³-hybridized carbons (Fsp3) is 0.833. The Balaban J connectivity index is 2.06. The first-order chi connectivity index (χ1) is 6.74. The van der Waals surface area contributed by atoms with Crippen molar-refractivity contribution in [3.63, 3.8) is 0 Å². The zero-order valence-corrected chi connectivity index (χ0v) is 8.96. The highest BCUT2D eigenvalue weighted by molar-refractivity contribution is 5.14. The Hall–Kier alpha value is -0.500. The molecule has 0 amide bonds. The third-order valence-corrected chi connectivity index (χ3v) is 3.57. The summed E-state index contributed by atoms with van der Waals surface area (Å²) in [7, 11) is 0. The summed E-state index contributed by atoms with van der Waals surface area (Å²) in [5, 5.41) is 10.5. The van der Waals surface area contributed by atoms with E-state index in [1.54, 1.807) is 0 Å². The van der Waals surface area contributed by atoms with Gasteiger partial charge in [-0.1, -0.05) is 19.8 Å². The lowest BCUT2D eigenvalue weighted by molar-refractivity contribution is -0.0267. The SMILES string of the molecule is CCC1CCCC(O)(C2=CCCO2)C1. The van der Waals surface area contributed by atoms with Crippen LogP contribution in [0.1, 0.15) is 45.4 Å². The summed E-state index contributed by atoms with van der Waals surface area (Å²) in [6.07, 6.45) is 8.40. The Morgan fingerprint density at radius 1 is 1.64 bits per heavy atom. The summed E-state index contributed by atoms with van der Waals surface area (Å²) in [5.74, 6) is 1.54. The minimum absolute atomic E-state index is 0.630. The van der Waals surface area contributed by atoms with E-state index in [1.165, 1.54) is 12.8 Å². The molecule has 1 fully saturated rings. The molecule has 80 valence electrons. The Labute approximate surface area is 86.0 Å². The number of hydrogen-bond acceptors (Lipinski definition) is 2. The summed E-state index contributed by atoms with van der Waals surface area (Å²) >= 11 is 0. The maximum Gasteiger partial charge on any atom is 0.124 e. The minimum Gasteiger partial charge on any atom is -0.495 e. The van der Waals surface area contributed by atoms with E-state index in [0.717, 1.165) is 38.0 Å². The maximum absolute atomic E-state index is 10.5. The molecular weight excluding hydrogens is 176 g/mol. The van der Waals surface area contributed by atoms with Gasteiger partial charge in [0, 0.05) is 6.42 Å². The summed E-state index contributed by atoms with van der Waals surface area (Å²) in [6.45, 7) is 2.97. The zero-order valence-electron chi connectivity index (χ0n) is 8.96. The van der Waals surface area contributed by atoms with E-state index in [2.05, 4.69) is 13.0 Å². The molecule has 1 aliphatic heterocycles. The lowest BCUT2D eigenvalue weighted by Gasteiger charge is -2.36. The van der Waals surface area contributed by atoms with Gasteiger partial charge in [0.05, 0.1) is 6.61 Å². The average Bonchev–Trinajstić information content (AvgIpc) is 2.71. The molecule has 1 heterocycles. The van der Waals surface area contributed by atoms with Crippen LogP contribution in [-0.2, 0) is 4.74 Å². The second-order valence-corrected chi connectivity index (χ2v) is 4.61. The molecule has 1 N–H and O–H groups in total. The van der Waals surface area contributed by atoms with Gasteiger partial charge >= 0.3 is 0 Å². The first kappa shape index (κ1) is 10.0. The Bertz CT molecular complexity index is 234. The van der Waals surface area contributed by atoms with Gasteiger partial charge in [0.2, 0.25) is 0 Å². The van der Waals surface area contributed by atoms with Gasteiger partial charge in [-0.3, -0.25) is 0 Å². The van der Waals surface area contributed by atoms with Gasteiger partial charge in [0.1, 0.15) is 11.4 Å². The predicted octanol–water partition coefficient (Wildman–Crippen LogP) is 2.62. The zero-order chi connectivity index (χ0) is 10.0. The second-order valence-electron chi connectivity index (χ2n) is 4.61. The van der Waals surface area contributed by atoms with Crippen molar-refractivity contribution in [2.24, 2.45) is 5.92 Å². The molecule has 0 spiro atoms. The molecule has 2 rings (SSSR count). The van der Waals surface area contributed by atoms with Gasteiger partial charge < -0.3 is 9.84 Å². The van der Waals surface area contributed by atoms with Crippen LogP contribution < -0.4 is 0 Å². The van der Waals surface area contributed by atoms with E-state index in [4.69, 9.17) is 4.74 Å². The van der Waals surface area contributed by atoms with Crippen LogP contribution in [0.15, 0.2) is 11.8 Å². The molecular formula is C12H20O2. The van der Waals surface area contributed by atoms with Crippen molar-refractivity contribution < 1.29 is 9.84 Å². The van der Waals surface area contributed by atoms with E-state index >= 15 is 0 Å². The molecule has 0 aromatic carbocycles. The molecule has 14 heavy (non-hydrogen) atoms. The van der Waals surface area contributed by atoms with Crippen LogP contribution in [0.3, 0.4) is 0 Å². The first-order valence-corrected chi connectivity index (χ1v) is 5.80. The van der Waals surface area contributed by atoms with E-state index in [1.807, 2.05) is 0 Å². The van der Waals surface area contributed by atoms with E-state index in [9.17, 15) is 5.11 Å². The van der Waals surface area contributed by atoms with Gasteiger partial charge in [-0.2, -0.15) is 0 Å². The molecule has 0 radical (unpaired) electrons. The lowest BCUT2D eigenvalue weighted by atomic mass is 9.76. The van der Waals surface area contributed by atoms with Crippen molar-refractivity contribution in [1.82, 2.24) is 0 Å². The number of rotatable bonds is 2. The standard InChI is InChI=1S/C12H20O2/c1-2-10-5-3-7-12(13,9-10)11-6-4-8-14-11/h6,10,13H,2-5,7-9H2,1H3. The quantitative estimate of drug-likeness (QED) is 0.735. The van der Waals surface area contributed by atoms with Crippen molar-refractivity contribution in [1.29, 1.82) is 0 Å². The molecule has 2 nitrogen and oxygen atoms in total. The Morgan fingerprint density at radius 2 is 2.50 bits per heavy atom. The van der Waals surface area contributed by atoms with Gasteiger partial charge in [-0.25, -0.2) is 0 Å². The molecule has 1 saturated carbocycles. The van der Waals surface area contributed by atoms with Gasteiger partial charge in [0.15, 0.2) is 0 Å². The molecule has 2 heteroatoms. The van der Waals surface area contributed by atoms with Crippen LogP contribution in [0.5, 0.6) is 0 Å². The van der Waals surface area contributed by atoms with Gasteiger partial charge in [-0.15, -0.1) is 0 Å². The van der Waals surface area contributed by atoms with Crippen LogP contribution in [0, 0.1) is 5.92 Å². The molecule has 1 aliphatic carbocycles. The Morgan fingerprint density at radius 3 is 3.14 bits per heavy atom. The normalized spacial score (nSPS) is 37.9. The van der Waals surface area contributed by atoms with Crippen molar-refractivity contribution in [3.05, 3.63) is 11.8 Å². The fourth-order valence-corrected chi connectivity index (χ4v) is 2.68. The largest absolute Gasteiger partial charge is 0.495 e. The minimum atomic E-state index is -0.630. The topological polar surface area (TPSA) is 29.5 Å². The highest BCUT2D eigenvalue weighted by Crippen LogP contribution is 2.40. The van der Waals surface area contributed by atoms with Crippen LogP contribution in [0.2, 0.25) is 0 Å². The molecule has 0 aromatic rings. The van der Waals surface area contributed by atoms with Crippen LogP contribution in [0.25, 0.3) is 0 Å². The summed E-state index contributed by atoms with van der Waals surface area (Å²) in [5.41, 5.74) is -0.630. The predicted molar refractivity (Wildman–Crippen MR) is 55.9 cm³/mol. The molecule has 0 aromatic heterocycles. The maximum atomic E-state index is 10.5. The molecule has 0 bridgehead atoms. The van der Waals surface area contributed by atoms with Gasteiger partial charge in [0.25, 0.3) is 0 Å². The summed E-state index contributed by atoms with van der Waals surface area (Å²) < 4.78 is 5.50.